The van der Waals surface area contributed by atoms with Crippen LogP contribution in [0.4, 0.5) is 0 Å². The highest BCUT2D eigenvalue weighted by Crippen LogP contribution is 2.25. The van der Waals surface area contributed by atoms with Gasteiger partial charge in [-0.25, -0.2) is 0 Å². The second-order valence-electron chi connectivity index (χ2n) is 4.74. The molecule has 0 bridgehead atoms. The Bertz CT molecular complexity index is 709. The fourth-order valence-electron chi connectivity index (χ4n) is 2.22. The van der Waals surface area contributed by atoms with Crippen LogP contribution in [0.15, 0.2) is 47.3 Å². The highest BCUT2D eigenvalue weighted by Gasteiger charge is 2.09. The smallest absolute Gasteiger partial charge is 0.0758 e. The topological polar surface area (TPSA) is 53.6 Å². The molecule has 0 radical (unpaired) electrons. The van der Waals surface area contributed by atoms with Gasteiger partial charge in [0.25, 0.3) is 0 Å². The van der Waals surface area contributed by atoms with Crippen molar-refractivity contribution in [3.05, 3.63) is 58.5 Å². The first-order valence-corrected chi connectivity index (χ1v) is 7.29. The van der Waals surface area contributed by atoms with Gasteiger partial charge in [-0.1, -0.05) is 28.1 Å². The average Bonchev–Trinajstić information content (AvgIpc) is 3.01. The lowest BCUT2D eigenvalue weighted by atomic mass is 10.1. The fraction of sp³-hybridized carbons (Fsp3) is 0.200. The first-order chi connectivity index (χ1) is 9.75. The average molecular weight is 331 g/mol. The predicted octanol–water partition coefficient (Wildman–Crippen LogP) is 3.57. The molecule has 3 rings (SSSR count). The van der Waals surface area contributed by atoms with E-state index < -0.39 is 0 Å². The van der Waals surface area contributed by atoms with Crippen LogP contribution in [-0.4, -0.2) is 15.2 Å². The monoisotopic (exact) mass is 330 g/mol. The van der Waals surface area contributed by atoms with Crippen molar-refractivity contribution in [1.82, 2.24) is 20.5 Å². The molecule has 102 valence electrons. The largest absolute Gasteiger partial charge is 0.306 e. The highest BCUT2D eigenvalue weighted by atomic mass is 79.9. The second-order valence-corrected chi connectivity index (χ2v) is 5.59. The molecular formula is C15H15BrN4. The zero-order valence-corrected chi connectivity index (χ0v) is 12.7. The van der Waals surface area contributed by atoms with E-state index in [4.69, 9.17) is 0 Å². The molecule has 0 aliphatic rings. The van der Waals surface area contributed by atoms with Crippen LogP contribution in [0.5, 0.6) is 0 Å². The maximum atomic E-state index is 4.49. The Balaban J connectivity index is 1.83. The number of aromatic amines is 1. The van der Waals surface area contributed by atoms with E-state index in [0.717, 1.165) is 27.5 Å². The Morgan fingerprint density at radius 1 is 1.35 bits per heavy atom. The van der Waals surface area contributed by atoms with E-state index in [1.54, 1.807) is 0 Å². The van der Waals surface area contributed by atoms with Gasteiger partial charge in [0.1, 0.15) is 0 Å². The van der Waals surface area contributed by atoms with E-state index in [1.807, 2.05) is 24.7 Å². The third-order valence-electron chi connectivity index (χ3n) is 3.42. The summed E-state index contributed by atoms with van der Waals surface area (Å²) in [7, 11) is 0. The number of benzene rings is 1. The molecule has 1 atom stereocenters. The lowest BCUT2D eigenvalue weighted by Gasteiger charge is -2.13. The summed E-state index contributed by atoms with van der Waals surface area (Å²) in [6.07, 6.45) is 5.59. The van der Waals surface area contributed by atoms with Crippen LogP contribution in [0.25, 0.3) is 10.9 Å². The number of pyridine rings is 1. The SMILES string of the molecule is CC(NCc1ccc(Br)c2cccnc12)c1cn[nH]c1. The molecule has 20 heavy (non-hydrogen) atoms. The molecule has 0 fully saturated rings. The van der Waals surface area contributed by atoms with Gasteiger partial charge in [-0.3, -0.25) is 10.1 Å². The molecule has 2 N–H and O–H groups in total. The Hall–Kier alpha value is -1.72. The van der Waals surface area contributed by atoms with Crippen LogP contribution in [0, 0.1) is 0 Å². The van der Waals surface area contributed by atoms with Crippen LogP contribution in [-0.2, 0) is 6.54 Å². The number of H-pyrrole nitrogens is 1. The Labute approximate surface area is 125 Å². The van der Waals surface area contributed by atoms with Gasteiger partial charge in [-0.2, -0.15) is 5.10 Å². The van der Waals surface area contributed by atoms with E-state index >= 15 is 0 Å². The van der Waals surface area contributed by atoms with Gasteiger partial charge in [-0.05, 0) is 24.6 Å². The summed E-state index contributed by atoms with van der Waals surface area (Å²) in [5.74, 6) is 0. The number of hydrogen-bond donors (Lipinski definition) is 2. The van der Waals surface area contributed by atoms with Gasteiger partial charge in [-0.15, -0.1) is 0 Å². The van der Waals surface area contributed by atoms with E-state index in [0.29, 0.717) is 0 Å². The molecule has 0 aliphatic carbocycles. The molecule has 2 aromatic heterocycles. The number of halogens is 1. The van der Waals surface area contributed by atoms with Gasteiger partial charge >= 0.3 is 0 Å². The summed E-state index contributed by atoms with van der Waals surface area (Å²) in [5, 5.41) is 11.5. The minimum absolute atomic E-state index is 0.246. The molecule has 3 aromatic rings. The zero-order chi connectivity index (χ0) is 13.9. The molecule has 0 amide bonds. The molecule has 0 spiro atoms. The molecule has 0 saturated carbocycles. The Kier molecular flexibility index (Phi) is 3.80. The maximum Gasteiger partial charge on any atom is 0.0758 e. The van der Waals surface area contributed by atoms with Crippen molar-refractivity contribution in [3.63, 3.8) is 0 Å². The molecule has 1 aromatic carbocycles. The zero-order valence-electron chi connectivity index (χ0n) is 11.1. The van der Waals surface area contributed by atoms with Gasteiger partial charge in [0.2, 0.25) is 0 Å². The van der Waals surface area contributed by atoms with E-state index in [2.05, 4.69) is 61.6 Å². The summed E-state index contributed by atoms with van der Waals surface area (Å²) in [5.41, 5.74) is 3.38. The number of fused-ring (bicyclic) bond motifs is 1. The van der Waals surface area contributed by atoms with Crippen molar-refractivity contribution in [2.45, 2.75) is 19.5 Å². The minimum atomic E-state index is 0.246. The second kappa shape index (κ2) is 5.73. The quantitative estimate of drug-likeness (QED) is 0.768. The number of aromatic nitrogens is 3. The summed E-state index contributed by atoms with van der Waals surface area (Å²) in [6.45, 7) is 2.90. The molecule has 0 aliphatic heterocycles. The summed E-state index contributed by atoms with van der Waals surface area (Å²) in [6, 6.07) is 8.46. The number of nitrogens with one attached hydrogen (secondary N) is 2. The van der Waals surface area contributed by atoms with Gasteiger partial charge in [0, 0.05) is 40.4 Å². The third kappa shape index (κ3) is 2.59. The van der Waals surface area contributed by atoms with Crippen molar-refractivity contribution in [2.75, 3.05) is 0 Å². The van der Waals surface area contributed by atoms with Gasteiger partial charge in [0.15, 0.2) is 0 Å². The van der Waals surface area contributed by atoms with Crippen molar-refractivity contribution < 1.29 is 0 Å². The predicted molar refractivity (Wildman–Crippen MR) is 83.3 cm³/mol. The van der Waals surface area contributed by atoms with E-state index in [1.165, 1.54) is 5.56 Å². The molecule has 2 heterocycles. The summed E-state index contributed by atoms with van der Waals surface area (Å²) < 4.78 is 1.08. The molecule has 0 saturated heterocycles. The molecular weight excluding hydrogens is 316 g/mol. The van der Waals surface area contributed by atoms with E-state index in [9.17, 15) is 0 Å². The lowest BCUT2D eigenvalue weighted by molar-refractivity contribution is 0.576. The Morgan fingerprint density at radius 3 is 3.05 bits per heavy atom. The van der Waals surface area contributed by atoms with Gasteiger partial charge < -0.3 is 5.32 Å². The van der Waals surface area contributed by atoms with Crippen molar-refractivity contribution in [3.8, 4) is 0 Å². The van der Waals surface area contributed by atoms with Crippen LogP contribution < -0.4 is 5.32 Å². The third-order valence-corrected chi connectivity index (χ3v) is 4.11. The standard InChI is InChI=1S/C15H15BrN4/c1-10(12-8-19-20-9-12)18-7-11-4-5-14(16)13-3-2-6-17-15(11)13/h2-6,8-10,18H,7H2,1H3,(H,19,20). The summed E-state index contributed by atoms with van der Waals surface area (Å²) >= 11 is 3.57. The van der Waals surface area contributed by atoms with Gasteiger partial charge in [0.05, 0.1) is 11.7 Å². The first-order valence-electron chi connectivity index (χ1n) is 6.50. The van der Waals surface area contributed by atoms with Crippen molar-refractivity contribution >= 4 is 26.8 Å². The maximum absolute atomic E-state index is 4.49. The number of hydrogen-bond acceptors (Lipinski definition) is 3. The normalized spacial score (nSPS) is 12.7. The molecule has 5 heteroatoms. The minimum Gasteiger partial charge on any atom is -0.306 e. The van der Waals surface area contributed by atoms with Crippen LogP contribution >= 0.6 is 15.9 Å². The molecule has 1 unspecified atom stereocenters. The Morgan fingerprint density at radius 2 is 2.25 bits per heavy atom. The lowest BCUT2D eigenvalue weighted by Crippen LogP contribution is -2.18. The highest BCUT2D eigenvalue weighted by molar-refractivity contribution is 9.10. The van der Waals surface area contributed by atoms with Crippen LogP contribution in [0.1, 0.15) is 24.1 Å². The molecule has 4 nitrogen and oxygen atoms in total. The van der Waals surface area contributed by atoms with Crippen LogP contribution in [0.2, 0.25) is 0 Å². The fourth-order valence-corrected chi connectivity index (χ4v) is 2.67. The number of nitrogens with zero attached hydrogens (tertiary/aromatic N) is 2. The van der Waals surface area contributed by atoms with Crippen LogP contribution in [0.3, 0.4) is 0 Å². The summed E-state index contributed by atoms with van der Waals surface area (Å²) in [4.78, 5) is 4.49. The first kappa shape index (κ1) is 13.3. The van der Waals surface area contributed by atoms with Crippen molar-refractivity contribution in [2.24, 2.45) is 0 Å². The van der Waals surface area contributed by atoms with E-state index in [-0.39, 0.29) is 6.04 Å². The van der Waals surface area contributed by atoms with Crippen molar-refractivity contribution in [1.29, 1.82) is 0 Å². The number of rotatable bonds is 4.